The van der Waals surface area contributed by atoms with E-state index in [9.17, 15) is 8.42 Å². The quantitative estimate of drug-likeness (QED) is 0.777. The molecule has 0 amide bonds. The lowest BCUT2D eigenvalue weighted by atomic mass is 10.2. The number of halogens is 1. The van der Waals surface area contributed by atoms with Gasteiger partial charge in [0, 0.05) is 17.0 Å². The Hall–Kier alpha value is -0.130. The largest absolute Gasteiger partial charge is 0.231 e. The van der Waals surface area contributed by atoms with Crippen LogP contribution in [0.4, 0.5) is 0 Å². The number of thiazole rings is 1. The molecule has 0 unspecified atom stereocenters. The Morgan fingerprint density at radius 3 is 2.50 bits per heavy atom. The molecule has 0 saturated heterocycles. The number of hydrogen-bond acceptors (Lipinski definition) is 4. The summed E-state index contributed by atoms with van der Waals surface area (Å²) in [7, 11) is -3.39. The normalized spacial score (nSPS) is 13.1. The van der Waals surface area contributed by atoms with Crippen molar-refractivity contribution >= 4 is 32.8 Å². The Kier molecular flexibility index (Phi) is 3.23. The summed E-state index contributed by atoms with van der Waals surface area (Å²) in [4.78, 5) is 3.97. The predicted molar refractivity (Wildman–Crippen MR) is 58.8 cm³/mol. The molecule has 14 heavy (non-hydrogen) atoms. The van der Waals surface area contributed by atoms with E-state index in [2.05, 4.69) is 4.98 Å². The van der Waals surface area contributed by atoms with Crippen LogP contribution in [-0.2, 0) is 9.84 Å². The first-order valence-electron chi connectivity index (χ1n) is 4.04. The van der Waals surface area contributed by atoms with Crippen LogP contribution in [0.1, 0.15) is 19.5 Å². The molecule has 80 valence electrons. The van der Waals surface area contributed by atoms with Crippen LogP contribution in [0, 0.1) is 6.92 Å². The molecule has 0 atom stereocenters. The first-order valence-corrected chi connectivity index (χ1v) is 6.94. The molecular formula is C8H12ClNO2S2. The molecule has 0 radical (unpaired) electrons. The number of aromatic nitrogens is 1. The van der Waals surface area contributed by atoms with Gasteiger partial charge in [-0.05, 0) is 20.8 Å². The lowest BCUT2D eigenvalue weighted by molar-refractivity contribution is 0.560. The second-order valence-corrected chi connectivity index (χ2v) is 7.53. The highest BCUT2D eigenvalue weighted by molar-refractivity contribution is 7.94. The highest BCUT2D eigenvalue weighted by Gasteiger charge is 2.37. The van der Waals surface area contributed by atoms with E-state index in [0.29, 0.717) is 0 Å². The van der Waals surface area contributed by atoms with E-state index in [1.807, 2.05) is 0 Å². The minimum absolute atomic E-state index is 0.0635. The fourth-order valence-corrected chi connectivity index (χ4v) is 3.92. The van der Waals surface area contributed by atoms with Crippen molar-refractivity contribution in [3.8, 4) is 0 Å². The van der Waals surface area contributed by atoms with Gasteiger partial charge in [-0.25, -0.2) is 13.4 Å². The summed E-state index contributed by atoms with van der Waals surface area (Å²) in [6, 6.07) is 0. The van der Waals surface area contributed by atoms with Gasteiger partial charge in [0.25, 0.3) is 0 Å². The SMILES string of the molecule is Cc1csc(S(=O)(=O)C(C)(C)CCl)n1. The van der Waals surface area contributed by atoms with Crippen molar-refractivity contribution in [1.29, 1.82) is 0 Å². The third-order valence-corrected chi connectivity index (χ3v) is 6.55. The van der Waals surface area contributed by atoms with E-state index < -0.39 is 14.6 Å². The van der Waals surface area contributed by atoms with Crippen molar-refractivity contribution < 1.29 is 8.42 Å². The molecule has 0 spiro atoms. The lowest BCUT2D eigenvalue weighted by Gasteiger charge is -2.19. The standard InChI is InChI=1S/C8H12ClNO2S2/c1-6-4-13-7(10-6)14(11,12)8(2,3)5-9/h4H,5H2,1-3H3. The van der Waals surface area contributed by atoms with Gasteiger partial charge in [-0.1, -0.05) is 0 Å². The Morgan fingerprint density at radius 1 is 1.57 bits per heavy atom. The average Bonchev–Trinajstić information content (AvgIpc) is 2.52. The van der Waals surface area contributed by atoms with E-state index in [-0.39, 0.29) is 10.2 Å². The van der Waals surface area contributed by atoms with Gasteiger partial charge in [0.2, 0.25) is 14.2 Å². The van der Waals surface area contributed by atoms with E-state index in [0.717, 1.165) is 17.0 Å². The lowest BCUT2D eigenvalue weighted by Crippen LogP contribution is -2.33. The fourth-order valence-electron chi connectivity index (χ4n) is 0.764. The van der Waals surface area contributed by atoms with Crippen LogP contribution in [0.15, 0.2) is 9.72 Å². The molecule has 1 aromatic rings. The molecule has 0 aliphatic heterocycles. The third kappa shape index (κ3) is 1.94. The maximum absolute atomic E-state index is 12.0. The van der Waals surface area contributed by atoms with Gasteiger partial charge < -0.3 is 0 Å². The van der Waals surface area contributed by atoms with Crippen molar-refractivity contribution in [2.45, 2.75) is 29.9 Å². The number of alkyl halides is 1. The van der Waals surface area contributed by atoms with Crippen molar-refractivity contribution in [2.24, 2.45) is 0 Å². The first-order chi connectivity index (χ1) is 6.31. The minimum Gasteiger partial charge on any atom is -0.231 e. The average molecular weight is 254 g/mol. The van der Waals surface area contributed by atoms with Crippen LogP contribution in [0.2, 0.25) is 0 Å². The zero-order valence-electron chi connectivity index (χ0n) is 8.24. The smallest absolute Gasteiger partial charge is 0.211 e. The molecule has 1 rings (SSSR count). The van der Waals surface area contributed by atoms with Gasteiger partial charge in [-0.15, -0.1) is 22.9 Å². The Labute approximate surface area is 93.0 Å². The fraction of sp³-hybridized carbons (Fsp3) is 0.625. The second kappa shape index (κ2) is 3.79. The molecule has 6 heteroatoms. The monoisotopic (exact) mass is 253 g/mol. The maximum atomic E-state index is 12.0. The summed E-state index contributed by atoms with van der Waals surface area (Å²) in [5.41, 5.74) is 0.721. The summed E-state index contributed by atoms with van der Waals surface area (Å²) >= 11 is 6.77. The second-order valence-electron chi connectivity index (χ2n) is 3.65. The summed E-state index contributed by atoms with van der Waals surface area (Å²) < 4.78 is 23.1. The molecule has 0 aromatic carbocycles. The Morgan fingerprint density at radius 2 is 2.14 bits per heavy atom. The summed E-state index contributed by atoms with van der Waals surface area (Å²) in [6.45, 7) is 4.97. The predicted octanol–water partition coefficient (Wildman–Crippen LogP) is 2.24. The van der Waals surface area contributed by atoms with E-state index >= 15 is 0 Å². The van der Waals surface area contributed by atoms with E-state index in [4.69, 9.17) is 11.6 Å². The Balaban J connectivity index is 3.22. The number of rotatable bonds is 3. The summed E-state index contributed by atoms with van der Waals surface area (Å²) in [5, 5.41) is 1.72. The third-order valence-electron chi connectivity index (χ3n) is 1.88. The zero-order valence-corrected chi connectivity index (χ0v) is 10.6. The highest BCUT2D eigenvalue weighted by atomic mass is 35.5. The number of nitrogens with zero attached hydrogens (tertiary/aromatic N) is 1. The van der Waals surface area contributed by atoms with Crippen LogP contribution >= 0.6 is 22.9 Å². The maximum Gasteiger partial charge on any atom is 0.211 e. The number of hydrogen-bond donors (Lipinski definition) is 0. The van der Waals surface area contributed by atoms with E-state index in [1.54, 1.807) is 26.2 Å². The van der Waals surface area contributed by atoms with Gasteiger partial charge in [0.05, 0.1) is 4.75 Å². The van der Waals surface area contributed by atoms with Crippen LogP contribution in [0.3, 0.4) is 0 Å². The van der Waals surface area contributed by atoms with Crippen LogP contribution in [0.5, 0.6) is 0 Å². The van der Waals surface area contributed by atoms with Crippen molar-refractivity contribution in [2.75, 3.05) is 5.88 Å². The van der Waals surface area contributed by atoms with Crippen LogP contribution in [-0.4, -0.2) is 24.0 Å². The molecule has 0 N–H and O–H groups in total. The number of aryl methyl sites for hydroxylation is 1. The molecule has 0 aliphatic rings. The first kappa shape index (κ1) is 11.9. The van der Waals surface area contributed by atoms with Gasteiger partial charge in [-0.3, -0.25) is 0 Å². The molecule has 0 saturated carbocycles. The topological polar surface area (TPSA) is 47.0 Å². The van der Waals surface area contributed by atoms with Crippen LogP contribution in [0.25, 0.3) is 0 Å². The van der Waals surface area contributed by atoms with Crippen molar-refractivity contribution in [3.63, 3.8) is 0 Å². The van der Waals surface area contributed by atoms with Gasteiger partial charge in [0.1, 0.15) is 0 Å². The van der Waals surface area contributed by atoms with Crippen molar-refractivity contribution in [1.82, 2.24) is 4.98 Å². The summed E-state index contributed by atoms with van der Waals surface area (Å²) in [5.74, 6) is 0.0635. The minimum atomic E-state index is -3.39. The molecule has 1 heterocycles. The van der Waals surface area contributed by atoms with Gasteiger partial charge >= 0.3 is 0 Å². The zero-order chi connectivity index (χ0) is 11.0. The van der Waals surface area contributed by atoms with E-state index in [1.165, 1.54) is 0 Å². The molecule has 0 fully saturated rings. The summed E-state index contributed by atoms with van der Waals surface area (Å²) in [6.07, 6.45) is 0. The molecule has 3 nitrogen and oxygen atoms in total. The number of sulfone groups is 1. The molecule has 0 aliphatic carbocycles. The Bertz CT molecular complexity index is 422. The van der Waals surface area contributed by atoms with Crippen LogP contribution < -0.4 is 0 Å². The highest BCUT2D eigenvalue weighted by Crippen LogP contribution is 2.28. The van der Waals surface area contributed by atoms with Gasteiger partial charge in [-0.2, -0.15) is 0 Å². The van der Waals surface area contributed by atoms with Gasteiger partial charge in [0.15, 0.2) is 0 Å². The molecule has 1 aromatic heterocycles. The molecular weight excluding hydrogens is 242 g/mol. The van der Waals surface area contributed by atoms with Crippen molar-refractivity contribution in [3.05, 3.63) is 11.1 Å². The molecule has 0 bridgehead atoms.